The molecule has 3 aliphatic rings. The van der Waals surface area contributed by atoms with Crippen molar-refractivity contribution in [3.05, 3.63) is 0 Å². The van der Waals surface area contributed by atoms with Gasteiger partial charge in [0.05, 0.1) is 0 Å². The number of nitrogens with one attached hydrogen (secondary N) is 2. The monoisotopic (exact) mass is 316 g/mol. The second-order valence-corrected chi connectivity index (χ2v) is 6.96. The summed E-state index contributed by atoms with van der Waals surface area (Å²) < 4.78 is 0. The molecule has 0 aromatic rings. The van der Waals surface area contributed by atoms with E-state index in [0.717, 1.165) is 32.7 Å². The lowest BCUT2D eigenvalue weighted by Gasteiger charge is -2.24. The first kappa shape index (κ1) is 16.5. The van der Waals surface area contributed by atoms with Crippen molar-refractivity contribution in [3.8, 4) is 0 Å². The smallest absolute Gasteiger partial charge is 0.324 e. The third-order valence-electron chi connectivity index (χ3n) is 4.93. The molecule has 0 saturated carbocycles. The fourth-order valence-electron chi connectivity index (χ4n) is 3.62. The maximum absolute atomic E-state index is 12.1. The van der Waals surface area contributed by atoms with Crippen LogP contribution in [-0.2, 0) is 4.79 Å². The predicted octanol–water partition coefficient (Wildman–Crippen LogP) is 0.424. The maximum Gasteiger partial charge on any atom is 0.325 e. The standard InChI is InChI=1S/C14H24N4O2.ClH/c1-13(2)11(19)18(12(20)16-13)8-7-17-6-4-14(10-17)3-5-15-9-14;/h15H,3-10H2,1-2H3,(H,16,20);1H. The first-order valence-corrected chi connectivity index (χ1v) is 7.49. The Labute approximate surface area is 132 Å². The molecule has 120 valence electrons. The lowest BCUT2D eigenvalue weighted by Crippen LogP contribution is -2.42. The highest BCUT2D eigenvalue weighted by Crippen LogP contribution is 2.35. The Kier molecular flexibility index (Phi) is 4.52. The van der Waals surface area contributed by atoms with Crippen LogP contribution < -0.4 is 10.6 Å². The van der Waals surface area contributed by atoms with Crippen LogP contribution in [0.25, 0.3) is 0 Å². The molecule has 21 heavy (non-hydrogen) atoms. The summed E-state index contributed by atoms with van der Waals surface area (Å²) in [5.41, 5.74) is -0.310. The van der Waals surface area contributed by atoms with Gasteiger partial charge < -0.3 is 15.5 Å². The molecule has 3 saturated heterocycles. The average Bonchev–Trinajstić information content (AvgIpc) is 3.03. The molecule has 6 nitrogen and oxygen atoms in total. The summed E-state index contributed by atoms with van der Waals surface area (Å²) in [5, 5.41) is 6.17. The first-order valence-electron chi connectivity index (χ1n) is 7.49. The Bertz CT molecular complexity index is 435. The van der Waals surface area contributed by atoms with Gasteiger partial charge >= 0.3 is 6.03 Å². The molecule has 1 spiro atoms. The van der Waals surface area contributed by atoms with Crippen molar-refractivity contribution in [2.45, 2.75) is 32.2 Å². The van der Waals surface area contributed by atoms with Crippen LogP contribution in [0.4, 0.5) is 4.79 Å². The fraction of sp³-hybridized carbons (Fsp3) is 0.857. The first-order chi connectivity index (χ1) is 9.42. The van der Waals surface area contributed by atoms with Gasteiger partial charge in [-0.2, -0.15) is 0 Å². The molecule has 3 fully saturated rings. The van der Waals surface area contributed by atoms with E-state index in [9.17, 15) is 9.59 Å². The van der Waals surface area contributed by atoms with Crippen molar-refractivity contribution in [2.75, 3.05) is 39.3 Å². The van der Waals surface area contributed by atoms with Crippen LogP contribution in [0.5, 0.6) is 0 Å². The number of carbonyl (C=O) groups excluding carboxylic acids is 2. The Morgan fingerprint density at radius 3 is 2.52 bits per heavy atom. The number of hydrogen-bond acceptors (Lipinski definition) is 4. The zero-order chi connectivity index (χ0) is 14.4. The highest BCUT2D eigenvalue weighted by atomic mass is 35.5. The summed E-state index contributed by atoms with van der Waals surface area (Å²) in [6.07, 6.45) is 2.48. The Morgan fingerprint density at radius 1 is 1.19 bits per heavy atom. The number of amides is 3. The largest absolute Gasteiger partial charge is 0.325 e. The van der Waals surface area contributed by atoms with Gasteiger partial charge in [-0.1, -0.05) is 0 Å². The lowest BCUT2D eigenvalue weighted by molar-refractivity contribution is -0.130. The fourth-order valence-corrected chi connectivity index (χ4v) is 3.62. The quantitative estimate of drug-likeness (QED) is 0.741. The van der Waals surface area contributed by atoms with E-state index in [1.165, 1.54) is 17.7 Å². The molecule has 3 heterocycles. The predicted molar refractivity (Wildman–Crippen MR) is 82.5 cm³/mol. The molecule has 3 aliphatic heterocycles. The molecule has 0 bridgehead atoms. The Balaban J connectivity index is 0.00000161. The van der Waals surface area contributed by atoms with Crippen molar-refractivity contribution in [3.63, 3.8) is 0 Å². The molecule has 0 radical (unpaired) electrons. The second-order valence-electron chi connectivity index (χ2n) is 6.96. The van der Waals surface area contributed by atoms with E-state index < -0.39 is 5.54 Å². The van der Waals surface area contributed by atoms with Crippen LogP contribution in [0.15, 0.2) is 0 Å². The number of rotatable bonds is 3. The number of urea groups is 1. The molecule has 3 amide bonds. The van der Waals surface area contributed by atoms with Crippen LogP contribution in [0.2, 0.25) is 0 Å². The number of halogens is 1. The van der Waals surface area contributed by atoms with E-state index in [1.807, 2.05) is 0 Å². The highest BCUT2D eigenvalue weighted by Gasteiger charge is 2.45. The zero-order valence-electron chi connectivity index (χ0n) is 12.8. The molecule has 3 rings (SSSR count). The van der Waals surface area contributed by atoms with Crippen LogP contribution >= 0.6 is 12.4 Å². The van der Waals surface area contributed by atoms with Gasteiger partial charge in [-0.05, 0) is 45.2 Å². The van der Waals surface area contributed by atoms with Crippen molar-refractivity contribution in [1.29, 1.82) is 0 Å². The van der Waals surface area contributed by atoms with E-state index >= 15 is 0 Å². The molecule has 0 aromatic carbocycles. The Morgan fingerprint density at radius 2 is 1.95 bits per heavy atom. The number of nitrogens with zero attached hydrogens (tertiary/aromatic N) is 2. The second kappa shape index (κ2) is 5.74. The van der Waals surface area contributed by atoms with Gasteiger partial charge in [-0.15, -0.1) is 12.4 Å². The summed E-state index contributed by atoms with van der Waals surface area (Å²) >= 11 is 0. The number of carbonyl (C=O) groups is 2. The third kappa shape index (κ3) is 3.03. The summed E-state index contributed by atoms with van der Waals surface area (Å²) in [6.45, 7) is 9.19. The van der Waals surface area contributed by atoms with E-state index in [1.54, 1.807) is 13.8 Å². The Hall–Kier alpha value is -0.850. The molecule has 1 atom stereocenters. The SMILES string of the molecule is CC1(C)NC(=O)N(CCN2CCC3(CCNC3)C2)C1=O.Cl. The minimum Gasteiger partial charge on any atom is -0.324 e. The summed E-state index contributed by atoms with van der Waals surface area (Å²) in [4.78, 5) is 27.7. The molecule has 7 heteroatoms. The molecular weight excluding hydrogens is 292 g/mol. The van der Waals surface area contributed by atoms with Crippen molar-refractivity contribution in [2.24, 2.45) is 5.41 Å². The van der Waals surface area contributed by atoms with Crippen LogP contribution in [0.1, 0.15) is 26.7 Å². The average molecular weight is 317 g/mol. The maximum atomic E-state index is 12.1. The zero-order valence-corrected chi connectivity index (χ0v) is 13.6. The van der Waals surface area contributed by atoms with Gasteiger partial charge in [0.25, 0.3) is 5.91 Å². The van der Waals surface area contributed by atoms with Gasteiger partial charge in [0.2, 0.25) is 0 Å². The number of likely N-dealkylation sites (tertiary alicyclic amines) is 1. The summed E-state index contributed by atoms with van der Waals surface area (Å²) in [5.74, 6) is -0.112. The number of hydrogen-bond donors (Lipinski definition) is 2. The van der Waals surface area contributed by atoms with E-state index in [2.05, 4.69) is 15.5 Å². The van der Waals surface area contributed by atoms with Crippen molar-refractivity contribution >= 4 is 24.3 Å². The molecule has 0 aromatic heterocycles. The normalized spacial score (nSPS) is 31.8. The van der Waals surface area contributed by atoms with E-state index in [0.29, 0.717) is 12.0 Å². The topological polar surface area (TPSA) is 64.7 Å². The number of imide groups is 1. The van der Waals surface area contributed by atoms with Gasteiger partial charge in [-0.25, -0.2) is 4.79 Å². The van der Waals surface area contributed by atoms with Gasteiger partial charge in [0.15, 0.2) is 0 Å². The van der Waals surface area contributed by atoms with Gasteiger partial charge in [0.1, 0.15) is 5.54 Å². The molecule has 2 N–H and O–H groups in total. The van der Waals surface area contributed by atoms with Crippen LogP contribution in [0.3, 0.4) is 0 Å². The van der Waals surface area contributed by atoms with Crippen molar-refractivity contribution in [1.82, 2.24) is 20.4 Å². The van der Waals surface area contributed by atoms with E-state index in [-0.39, 0.29) is 24.3 Å². The van der Waals surface area contributed by atoms with E-state index in [4.69, 9.17) is 0 Å². The lowest BCUT2D eigenvalue weighted by atomic mass is 9.87. The highest BCUT2D eigenvalue weighted by molar-refractivity contribution is 6.06. The third-order valence-corrected chi connectivity index (χ3v) is 4.93. The summed E-state index contributed by atoms with van der Waals surface area (Å²) in [6, 6.07) is -0.253. The minimum absolute atomic E-state index is 0. The molecule has 0 aliphatic carbocycles. The van der Waals surface area contributed by atoms with Gasteiger partial charge in [-0.3, -0.25) is 9.69 Å². The van der Waals surface area contributed by atoms with Crippen LogP contribution in [-0.4, -0.2) is 66.5 Å². The van der Waals surface area contributed by atoms with Gasteiger partial charge in [0, 0.05) is 26.2 Å². The molecular formula is C14H25ClN4O2. The van der Waals surface area contributed by atoms with Crippen molar-refractivity contribution < 1.29 is 9.59 Å². The van der Waals surface area contributed by atoms with Crippen LogP contribution in [0, 0.1) is 5.41 Å². The minimum atomic E-state index is -0.751. The summed E-state index contributed by atoms with van der Waals surface area (Å²) in [7, 11) is 0. The molecule has 1 unspecified atom stereocenters.